The molecule has 0 bridgehead atoms. The topological polar surface area (TPSA) is 46.4 Å². The van der Waals surface area contributed by atoms with E-state index in [2.05, 4.69) is 11.8 Å². The Kier molecular flexibility index (Phi) is 4.07. The lowest BCUT2D eigenvalue weighted by atomic mass is 10.0. The summed E-state index contributed by atoms with van der Waals surface area (Å²) in [6.07, 6.45) is 3.39. The third kappa shape index (κ3) is 2.58. The summed E-state index contributed by atoms with van der Waals surface area (Å²) >= 11 is 5.73. The summed E-state index contributed by atoms with van der Waals surface area (Å²) in [7, 11) is 0. The van der Waals surface area contributed by atoms with Crippen LogP contribution in [0.15, 0.2) is 18.2 Å². The Morgan fingerprint density at radius 2 is 2.28 bits per heavy atom. The minimum atomic E-state index is -0.313. The van der Waals surface area contributed by atoms with Crippen molar-refractivity contribution in [1.82, 2.24) is 0 Å². The van der Waals surface area contributed by atoms with Gasteiger partial charge in [0.2, 0.25) is 0 Å². The number of halogens is 1. The van der Waals surface area contributed by atoms with Crippen molar-refractivity contribution < 1.29 is 4.92 Å². The molecule has 0 amide bonds. The highest BCUT2D eigenvalue weighted by molar-refractivity contribution is 6.17. The van der Waals surface area contributed by atoms with E-state index in [9.17, 15) is 10.1 Å². The lowest BCUT2D eigenvalue weighted by Gasteiger charge is -2.35. The standard InChI is InChI=1S/C13H17ClN2O2/c1-10-4-2-3-7-15(10)12-6-5-11(9-14)8-13(12)16(17)18/h5-6,8,10H,2-4,7,9H2,1H3. The maximum atomic E-state index is 11.2. The van der Waals surface area contributed by atoms with Crippen LogP contribution in [0.1, 0.15) is 31.7 Å². The zero-order valence-corrected chi connectivity index (χ0v) is 11.2. The van der Waals surface area contributed by atoms with Crippen molar-refractivity contribution in [3.05, 3.63) is 33.9 Å². The fourth-order valence-electron chi connectivity index (χ4n) is 2.50. The average Bonchev–Trinajstić information content (AvgIpc) is 2.38. The van der Waals surface area contributed by atoms with Gasteiger partial charge in [0.05, 0.1) is 4.92 Å². The first-order valence-corrected chi connectivity index (χ1v) is 6.77. The summed E-state index contributed by atoms with van der Waals surface area (Å²) in [5, 5.41) is 11.2. The summed E-state index contributed by atoms with van der Waals surface area (Å²) in [4.78, 5) is 13.0. The SMILES string of the molecule is CC1CCCCN1c1ccc(CCl)cc1[N+](=O)[O-]. The minimum absolute atomic E-state index is 0.168. The van der Waals surface area contributed by atoms with Gasteiger partial charge in [-0.05, 0) is 37.8 Å². The molecule has 0 aromatic heterocycles. The van der Waals surface area contributed by atoms with Gasteiger partial charge in [0.15, 0.2) is 0 Å². The summed E-state index contributed by atoms with van der Waals surface area (Å²) in [6.45, 7) is 3.01. The molecule has 1 heterocycles. The van der Waals surface area contributed by atoms with Crippen LogP contribution in [0.2, 0.25) is 0 Å². The van der Waals surface area contributed by atoms with Gasteiger partial charge in [-0.15, -0.1) is 11.6 Å². The number of piperidine rings is 1. The maximum Gasteiger partial charge on any atom is 0.292 e. The van der Waals surface area contributed by atoms with E-state index < -0.39 is 0 Å². The predicted molar refractivity (Wildman–Crippen MR) is 73.3 cm³/mol. The third-order valence-corrected chi connectivity index (χ3v) is 3.81. The van der Waals surface area contributed by atoms with Crippen LogP contribution in [0.3, 0.4) is 0 Å². The van der Waals surface area contributed by atoms with Gasteiger partial charge in [-0.1, -0.05) is 6.07 Å². The lowest BCUT2D eigenvalue weighted by molar-refractivity contribution is -0.384. The quantitative estimate of drug-likeness (QED) is 0.477. The highest BCUT2D eigenvalue weighted by Gasteiger charge is 2.25. The molecule has 5 heteroatoms. The van der Waals surface area contributed by atoms with E-state index in [-0.39, 0.29) is 10.6 Å². The normalized spacial score (nSPS) is 19.9. The number of hydrogen-bond donors (Lipinski definition) is 0. The number of rotatable bonds is 3. The number of nitro groups is 1. The van der Waals surface area contributed by atoms with Gasteiger partial charge < -0.3 is 4.90 Å². The summed E-state index contributed by atoms with van der Waals surface area (Å²) in [5.41, 5.74) is 1.68. The maximum absolute atomic E-state index is 11.2. The molecule has 1 aromatic carbocycles. The fraction of sp³-hybridized carbons (Fsp3) is 0.538. The van der Waals surface area contributed by atoms with Gasteiger partial charge in [-0.25, -0.2) is 0 Å². The molecule has 2 rings (SSSR count). The van der Waals surface area contributed by atoms with Crippen molar-refractivity contribution in [2.45, 2.75) is 38.1 Å². The Morgan fingerprint density at radius 3 is 2.89 bits per heavy atom. The van der Waals surface area contributed by atoms with E-state index in [1.165, 1.54) is 6.42 Å². The van der Waals surface area contributed by atoms with E-state index in [0.29, 0.717) is 11.9 Å². The van der Waals surface area contributed by atoms with E-state index in [4.69, 9.17) is 11.6 Å². The first kappa shape index (κ1) is 13.1. The molecule has 98 valence electrons. The van der Waals surface area contributed by atoms with Gasteiger partial charge in [0, 0.05) is 24.5 Å². The van der Waals surface area contributed by atoms with Crippen LogP contribution in [0.5, 0.6) is 0 Å². The van der Waals surface area contributed by atoms with Crippen LogP contribution in [0.4, 0.5) is 11.4 Å². The molecule has 1 fully saturated rings. The average molecular weight is 269 g/mol. The van der Waals surface area contributed by atoms with E-state index in [1.807, 2.05) is 12.1 Å². The monoisotopic (exact) mass is 268 g/mol. The molecule has 0 spiro atoms. The van der Waals surface area contributed by atoms with Crippen LogP contribution in [-0.4, -0.2) is 17.5 Å². The Bertz CT molecular complexity index is 451. The van der Waals surface area contributed by atoms with Crippen LogP contribution in [0.25, 0.3) is 0 Å². The third-order valence-electron chi connectivity index (χ3n) is 3.50. The minimum Gasteiger partial charge on any atom is -0.363 e. The first-order valence-electron chi connectivity index (χ1n) is 6.23. The molecule has 1 aliphatic rings. The number of nitro benzene ring substituents is 1. The Morgan fingerprint density at radius 1 is 1.50 bits per heavy atom. The molecule has 0 saturated carbocycles. The second kappa shape index (κ2) is 5.57. The lowest BCUT2D eigenvalue weighted by Crippen LogP contribution is -2.37. The van der Waals surface area contributed by atoms with E-state index in [0.717, 1.165) is 30.6 Å². The van der Waals surface area contributed by atoms with E-state index >= 15 is 0 Å². The summed E-state index contributed by atoms with van der Waals surface area (Å²) in [5.74, 6) is 0.302. The molecule has 0 aliphatic carbocycles. The number of benzene rings is 1. The van der Waals surface area contributed by atoms with Gasteiger partial charge in [-0.2, -0.15) is 0 Å². The molecule has 1 aromatic rings. The highest BCUT2D eigenvalue weighted by atomic mass is 35.5. The summed E-state index contributed by atoms with van der Waals surface area (Å²) < 4.78 is 0. The fourth-order valence-corrected chi connectivity index (χ4v) is 2.66. The van der Waals surface area contributed by atoms with Crippen molar-refractivity contribution in [3.63, 3.8) is 0 Å². The van der Waals surface area contributed by atoms with Crippen molar-refractivity contribution >= 4 is 23.0 Å². The second-order valence-corrected chi connectivity index (χ2v) is 5.02. The number of nitrogens with zero attached hydrogens (tertiary/aromatic N) is 2. The molecular weight excluding hydrogens is 252 g/mol. The zero-order valence-electron chi connectivity index (χ0n) is 10.4. The number of alkyl halides is 1. The molecule has 1 atom stereocenters. The molecule has 0 N–H and O–H groups in total. The van der Waals surface area contributed by atoms with Crippen molar-refractivity contribution in [2.75, 3.05) is 11.4 Å². The smallest absolute Gasteiger partial charge is 0.292 e. The second-order valence-electron chi connectivity index (χ2n) is 4.75. The molecule has 0 radical (unpaired) electrons. The van der Waals surface area contributed by atoms with Gasteiger partial charge in [0.25, 0.3) is 5.69 Å². The van der Waals surface area contributed by atoms with Crippen molar-refractivity contribution in [3.8, 4) is 0 Å². The molecule has 1 aliphatic heterocycles. The van der Waals surface area contributed by atoms with Crippen LogP contribution in [-0.2, 0) is 5.88 Å². The van der Waals surface area contributed by atoms with E-state index in [1.54, 1.807) is 6.07 Å². The Balaban J connectivity index is 2.39. The molecule has 1 unspecified atom stereocenters. The zero-order chi connectivity index (χ0) is 13.1. The highest BCUT2D eigenvalue weighted by Crippen LogP contribution is 2.33. The molecule has 1 saturated heterocycles. The largest absolute Gasteiger partial charge is 0.363 e. The molecule has 18 heavy (non-hydrogen) atoms. The molecular formula is C13H17ClN2O2. The van der Waals surface area contributed by atoms with Crippen molar-refractivity contribution in [2.24, 2.45) is 0 Å². The number of hydrogen-bond acceptors (Lipinski definition) is 3. The van der Waals surface area contributed by atoms with Gasteiger partial charge >= 0.3 is 0 Å². The molecule has 4 nitrogen and oxygen atoms in total. The van der Waals surface area contributed by atoms with Crippen molar-refractivity contribution in [1.29, 1.82) is 0 Å². The van der Waals surface area contributed by atoms with Gasteiger partial charge in [0.1, 0.15) is 5.69 Å². The Hall–Kier alpha value is -1.29. The van der Waals surface area contributed by atoms with Crippen LogP contribution in [0, 0.1) is 10.1 Å². The Labute approximate surface area is 112 Å². The summed E-state index contributed by atoms with van der Waals surface area (Å²) in [6, 6.07) is 5.65. The van der Waals surface area contributed by atoms with Gasteiger partial charge in [-0.3, -0.25) is 10.1 Å². The van der Waals surface area contributed by atoms with Crippen LogP contribution >= 0.6 is 11.6 Å². The van der Waals surface area contributed by atoms with Crippen LogP contribution < -0.4 is 4.90 Å². The number of anilines is 1. The predicted octanol–water partition coefficient (Wildman–Crippen LogP) is 3.71. The first-order chi connectivity index (χ1) is 8.63.